The standard InChI is InChI=1S/C16H21N5O2S/c1-10(2)5-16(3)14(22)21(15(23)19-16)8-12-9-24-13(18-12)11-6-17-20(4)7-11/h6-7,9-10H,5,8H2,1-4H3,(H,19,23)/t16-/m1/s1. The summed E-state index contributed by atoms with van der Waals surface area (Å²) in [5.41, 5.74) is 0.805. The van der Waals surface area contributed by atoms with Crippen LogP contribution in [0.3, 0.4) is 0 Å². The summed E-state index contributed by atoms with van der Waals surface area (Å²) in [6.07, 6.45) is 4.25. The molecule has 1 saturated heterocycles. The molecule has 1 N–H and O–H groups in total. The van der Waals surface area contributed by atoms with Gasteiger partial charge < -0.3 is 5.32 Å². The average Bonchev–Trinajstić information content (AvgIpc) is 3.15. The molecular formula is C16H21N5O2S. The lowest BCUT2D eigenvalue weighted by Gasteiger charge is -2.23. The predicted molar refractivity (Wildman–Crippen MR) is 91.3 cm³/mol. The van der Waals surface area contributed by atoms with Crippen molar-refractivity contribution < 1.29 is 9.59 Å². The van der Waals surface area contributed by atoms with E-state index >= 15 is 0 Å². The van der Waals surface area contributed by atoms with Gasteiger partial charge in [-0.15, -0.1) is 11.3 Å². The maximum Gasteiger partial charge on any atom is 0.325 e. The number of hydrogen-bond donors (Lipinski definition) is 1. The van der Waals surface area contributed by atoms with Crippen molar-refractivity contribution in [2.75, 3.05) is 0 Å². The van der Waals surface area contributed by atoms with Crippen molar-refractivity contribution in [1.29, 1.82) is 0 Å². The van der Waals surface area contributed by atoms with E-state index in [1.54, 1.807) is 17.8 Å². The van der Waals surface area contributed by atoms with Gasteiger partial charge in [0.05, 0.1) is 18.4 Å². The van der Waals surface area contributed by atoms with Gasteiger partial charge in [0.15, 0.2) is 0 Å². The highest BCUT2D eigenvalue weighted by atomic mass is 32.1. The molecule has 0 aliphatic carbocycles. The van der Waals surface area contributed by atoms with E-state index in [1.165, 1.54) is 16.2 Å². The molecule has 3 rings (SSSR count). The third-order valence-electron chi connectivity index (χ3n) is 3.99. The van der Waals surface area contributed by atoms with Crippen LogP contribution in [0.4, 0.5) is 4.79 Å². The van der Waals surface area contributed by atoms with E-state index in [4.69, 9.17) is 0 Å². The highest BCUT2D eigenvalue weighted by molar-refractivity contribution is 7.13. The molecule has 3 heterocycles. The predicted octanol–water partition coefficient (Wildman–Crippen LogP) is 2.40. The Morgan fingerprint density at radius 3 is 2.75 bits per heavy atom. The first kappa shape index (κ1) is 16.6. The number of amides is 3. The summed E-state index contributed by atoms with van der Waals surface area (Å²) in [5.74, 6) is 0.132. The van der Waals surface area contributed by atoms with Gasteiger partial charge >= 0.3 is 6.03 Å². The molecule has 0 saturated carbocycles. The van der Waals surface area contributed by atoms with Crippen molar-refractivity contribution >= 4 is 23.3 Å². The van der Waals surface area contributed by atoms with E-state index in [-0.39, 0.29) is 18.5 Å². The largest absolute Gasteiger partial charge is 0.325 e. The second-order valence-electron chi connectivity index (χ2n) is 6.80. The van der Waals surface area contributed by atoms with Gasteiger partial charge in [-0.3, -0.25) is 14.4 Å². The van der Waals surface area contributed by atoms with Crippen LogP contribution in [0.25, 0.3) is 10.6 Å². The van der Waals surface area contributed by atoms with E-state index in [1.807, 2.05) is 32.5 Å². The van der Waals surface area contributed by atoms with E-state index in [0.29, 0.717) is 18.0 Å². The van der Waals surface area contributed by atoms with Crippen LogP contribution in [0.1, 0.15) is 32.9 Å². The van der Waals surface area contributed by atoms with E-state index in [0.717, 1.165) is 10.6 Å². The number of thiazole rings is 1. The number of urea groups is 1. The first-order valence-electron chi connectivity index (χ1n) is 7.86. The Kier molecular flexibility index (Phi) is 4.16. The van der Waals surface area contributed by atoms with Crippen molar-refractivity contribution in [1.82, 2.24) is 25.0 Å². The number of aromatic nitrogens is 3. The molecule has 0 spiro atoms. The highest BCUT2D eigenvalue weighted by Gasteiger charge is 2.47. The van der Waals surface area contributed by atoms with Crippen LogP contribution in [0.5, 0.6) is 0 Å². The van der Waals surface area contributed by atoms with Crippen LogP contribution in [0.2, 0.25) is 0 Å². The summed E-state index contributed by atoms with van der Waals surface area (Å²) in [5, 5.41) is 9.66. The van der Waals surface area contributed by atoms with Gasteiger partial charge in [-0.2, -0.15) is 5.10 Å². The molecular weight excluding hydrogens is 326 g/mol. The summed E-state index contributed by atoms with van der Waals surface area (Å²) in [6.45, 7) is 6.05. The summed E-state index contributed by atoms with van der Waals surface area (Å²) in [7, 11) is 1.85. The van der Waals surface area contributed by atoms with Gasteiger partial charge in [0.25, 0.3) is 5.91 Å². The molecule has 0 radical (unpaired) electrons. The quantitative estimate of drug-likeness (QED) is 0.842. The lowest BCUT2D eigenvalue weighted by Crippen LogP contribution is -2.44. The minimum atomic E-state index is -0.826. The minimum Gasteiger partial charge on any atom is -0.323 e. The Balaban J connectivity index is 1.76. The number of hydrogen-bond acceptors (Lipinski definition) is 5. The Morgan fingerprint density at radius 2 is 2.12 bits per heavy atom. The van der Waals surface area contributed by atoms with Crippen molar-refractivity contribution in [3.05, 3.63) is 23.5 Å². The van der Waals surface area contributed by atoms with Crippen LogP contribution < -0.4 is 5.32 Å². The second kappa shape index (κ2) is 6.01. The van der Waals surface area contributed by atoms with Gasteiger partial charge in [-0.1, -0.05) is 13.8 Å². The lowest BCUT2D eigenvalue weighted by molar-refractivity contribution is -0.131. The fourth-order valence-electron chi connectivity index (χ4n) is 3.05. The van der Waals surface area contributed by atoms with Gasteiger partial charge in [0.1, 0.15) is 10.5 Å². The Bertz CT molecular complexity index is 781. The monoisotopic (exact) mass is 347 g/mol. The fourth-order valence-corrected chi connectivity index (χ4v) is 3.84. The van der Waals surface area contributed by atoms with Gasteiger partial charge in [-0.25, -0.2) is 9.78 Å². The van der Waals surface area contributed by atoms with Gasteiger partial charge in [0.2, 0.25) is 0 Å². The number of aryl methyl sites for hydroxylation is 1. The zero-order valence-electron chi connectivity index (χ0n) is 14.2. The molecule has 0 bridgehead atoms. The summed E-state index contributed by atoms with van der Waals surface area (Å²) < 4.78 is 1.71. The third-order valence-corrected chi connectivity index (χ3v) is 4.93. The first-order chi connectivity index (χ1) is 11.3. The summed E-state index contributed by atoms with van der Waals surface area (Å²) >= 11 is 1.48. The van der Waals surface area contributed by atoms with Crippen LogP contribution in [-0.4, -0.2) is 37.1 Å². The molecule has 1 atom stereocenters. The van der Waals surface area contributed by atoms with Crippen LogP contribution in [0.15, 0.2) is 17.8 Å². The van der Waals surface area contributed by atoms with Crippen molar-refractivity contribution in [2.45, 2.75) is 39.3 Å². The van der Waals surface area contributed by atoms with E-state index < -0.39 is 5.54 Å². The zero-order chi connectivity index (χ0) is 17.5. The third kappa shape index (κ3) is 3.06. The van der Waals surface area contributed by atoms with Crippen LogP contribution >= 0.6 is 11.3 Å². The van der Waals surface area contributed by atoms with Gasteiger partial charge in [0, 0.05) is 24.2 Å². The van der Waals surface area contributed by atoms with Gasteiger partial charge in [-0.05, 0) is 19.3 Å². The molecule has 7 nitrogen and oxygen atoms in total. The summed E-state index contributed by atoms with van der Waals surface area (Å²) in [6, 6.07) is -0.348. The number of rotatable bonds is 5. The van der Waals surface area contributed by atoms with Crippen LogP contribution in [-0.2, 0) is 18.4 Å². The van der Waals surface area contributed by atoms with Crippen molar-refractivity contribution in [3.63, 3.8) is 0 Å². The number of imide groups is 1. The molecule has 2 aromatic rings. The van der Waals surface area contributed by atoms with Crippen molar-refractivity contribution in [3.8, 4) is 10.6 Å². The maximum absolute atomic E-state index is 12.7. The van der Waals surface area contributed by atoms with E-state index in [2.05, 4.69) is 15.4 Å². The smallest absolute Gasteiger partial charge is 0.323 e. The highest BCUT2D eigenvalue weighted by Crippen LogP contribution is 2.28. The molecule has 0 aromatic carbocycles. The van der Waals surface area contributed by atoms with Crippen molar-refractivity contribution in [2.24, 2.45) is 13.0 Å². The lowest BCUT2D eigenvalue weighted by atomic mass is 9.91. The Labute approximate surface area is 144 Å². The maximum atomic E-state index is 12.7. The molecule has 1 aliphatic heterocycles. The molecule has 1 fully saturated rings. The molecule has 3 amide bonds. The zero-order valence-corrected chi connectivity index (χ0v) is 15.1. The number of nitrogens with zero attached hydrogens (tertiary/aromatic N) is 4. The summed E-state index contributed by atoms with van der Waals surface area (Å²) in [4.78, 5) is 30.7. The van der Waals surface area contributed by atoms with E-state index in [9.17, 15) is 9.59 Å². The fraction of sp³-hybridized carbons (Fsp3) is 0.500. The van der Waals surface area contributed by atoms with Crippen LogP contribution in [0, 0.1) is 5.92 Å². The molecule has 24 heavy (non-hydrogen) atoms. The number of carbonyl (C=O) groups excluding carboxylic acids is 2. The molecule has 1 aliphatic rings. The molecule has 128 valence electrons. The average molecular weight is 347 g/mol. The Morgan fingerprint density at radius 1 is 1.38 bits per heavy atom. The number of carbonyl (C=O) groups is 2. The second-order valence-corrected chi connectivity index (χ2v) is 7.66. The Hall–Kier alpha value is -2.22. The topological polar surface area (TPSA) is 80.1 Å². The normalized spacial score (nSPS) is 21.0. The molecule has 0 unspecified atom stereocenters. The minimum absolute atomic E-state index is 0.183. The molecule has 2 aromatic heterocycles. The number of nitrogens with one attached hydrogen (secondary N) is 1. The SMILES string of the molecule is CC(C)C[C@@]1(C)NC(=O)N(Cc2csc(-c3cnn(C)c3)n2)C1=O. The first-order valence-corrected chi connectivity index (χ1v) is 8.74. The molecule has 8 heteroatoms.